The van der Waals surface area contributed by atoms with Gasteiger partial charge in [-0.25, -0.2) is 0 Å². The zero-order valence-corrected chi connectivity index (χ0v) is 13.3. The molecule has 116 valence electrons. The summed E-state index contributed by atoms with van der Waals surface area (Å²) in [5, 5.41) is 2.92. The summed E-state index contributed by atoms with van der Waals surface area (Å²) in [6, 6.07) is 15.4. The second kappa shape index (κ2) is 7.61. The van der Waals surface area contributed by atoms with Crippen molar-refractivity contribution in [2.75, 3.05) is 21.2 Å². The molecule has 0 radical (unpaired) electrons. The highest BCUT2D eigenvalue weighted by atomic mass is 16.5. The molecule has 0 atom stereocenters. The second-order valence-electron chi connectivity index (χ2n) is 5.47. The fraction of sp³-hybridized carbons (Fsp3) is 0.278. The molecular weight excluding hydrogens is 276 g/mol. The van der Waals surface area contributed by atoms with Crippen LogP contribution in [0.4, 0.5) is 0 Å². The molecule has 0 fully saturated rings. The molecule has 0 aliphatic rings. The minimum atomic E-state index is -0.0833. The van der Waals surface area contributed by atoms with Crippen molar-refractivity contribution in [3.63, 3.8) is 0 Å². The number of benzene rings is 2. The number of amides is 1. The van der Waals surface area contributed by atoms with Crippen molar-refractivity contribution in [2.24, 2.45) is 0 Å². The standard InChI is InChI=1S/C18H22N2O2/c1-20(2)13-15-6-4-14(5-7-15)12-19-18(21)16-8-10-17(22-3)11-9-16/h4-11H,12-13H2,1-3H3,(H,19,21). The first kappa shape index (κ1) is 16.0. The summed E-state index contributed by atoms with van der Waals surface area (Å²) in [5.41, 5.74) is 2.98. The molecule has 2 rings (SSSR count). The third-order valence-corrected chi connectivity index (χ3v) is 3.33. The van der Waals surface area contributed by atoms with Crippen LogP contribution in [0.1, 0.15) is 21.5 Å². The lowest BCUT2D eigenvalue weighted by Crippen LogP contribution is -2.22. The van der Waals surface area contributed by atoms with Crippen LogP contribution in [0.2, 0.25) is 0 Å². The minimum absolute atomic E-state index is 0.0833. The molecule has 0 spiro atoms. The van der Waals surface area contributed by atoms with E-state index in [1.807, 2.05) is 26.2 Å². The Labute approximate surface area is 131 Å². The molecule has 0 heterocycles. The van der Waals surface area contributed by atoms with Crippen molar-refractivity contribution in [2.45, 2.75) is 13.1 Å². The summed E-state index contributed by atoms with van der Waals surface area (Å²) >= 11 is 0. The number of nitrogens with zero attached hydrogens (tertiary/aromatic N) is 1. The molecule has 0 bridgehead atoms. The summed E-state index contributed by atoms with van der Waals surface area (Å²) in [4.78, 5) is 14.2. The van der Waals surface area contributed by atoms with E-state index >= 15 is 0 Å². The number of hydrogen-bond acceptors (Lipinski definition) is 3. The van der Waals surface area contributed by atoms with Gasteiger partial charge in [0.1, 0.15) is 5.75 Å². The van der Waals surface area contributed by atoms with E-state index in [1.54, 1.807) is 31.4 Å². The maximum atomic E-state index is 12.1. The van der Waals surface area contributed by atoms with Crippen molar-refractivity contribution in [1.29, 1.82) is 0 Å². The number of ether oxygens (including phenoxy) is 1. The van der Waals surface area contributed by atoms with E-state index in [9.17, 15) is 4.79 Å². The van der Waals surface area contributed by atoms with E-state index in [-0.39, 0.29) is 5.91 Å². The quantitative estimate of drug-likeness (QED) is 0.891. The number of hydrogen-bond donors (Lipinski definition) is 1. The molecule has 0 saturated carbocycles. The molecule has 2 aromatic rings. The van der Waals surface area contributed by atoms with E-state index in [1.165, 1.54) is 5.56 Å². The van der Waals surface area contributed by atoms with Gasteiger partial charge in [0.2, 0.25) is 0 Å². The SMILES string of the molecule is COc1ccc(C(=O)NCc2ccc(CN(C)C)cc2)cc1. The Hall–Kier alpha value is -2.33. The molecule has 1 N–H and O–H groups in total. The molecule has 0 saturated heterocycles. The lowest BCUT2D eigenvalue weighted by Gasteiger charge is -2.10. The van der Waals surface area contributed by atoms with Crippen molar-refractivity contribution in [3.8, 4) is 5.75 Å². The topological polar surface area (TPSA) is 41.6 Å². The van der Waals surface area contributed by atoms with Crippen LogP contribution in [0.25, 0.3) is 0 Å². The fourth-order valence-corrected chi connectivity index (χ4v) is 2.15. The smallest absolute Gasteiger partial charge is 0.251 e. The molecule has 2 aromatic carbocycles. The molecule has 0 aliphatic heterocycles. The molecule has 0 aliphatic carbocycles. The van der Waals surface area contributed by atoms with Crippen molar-refractivity contribution in [1.82, 2.24) is 10.2 Å². The Morgan fingerprint density at radius 2 is 1.59 bits per heavy atom. The van der Waals surface area contributed by atoms with E-state index < -0.39 is 0 Å². The first-order chi connectivity index (χ1) is 10.6. The van der Waals surface area contributed by atoms with E-state index in [2.05, 4.69) is 22.3 Å². The first-order valence-corrected chi connectivity index (χ1v) is 7.23. The average molecular weight is 298 g/mol. The van der Waals surface area contributed by atoms with Crippen molar-refractivity contribution >= 4 is 5.91 Å². The summed E-state index contributed by atoms with van der Waals surface area (Å²) in [7, 11) is 5.70. The zero-order chi connectivity index (χ0) is 15.9. The largest absolute Gasteiger partial charge is 0.497 e. The Kier molecular flexibility index (Phi) is 5.55. The molecule has 4 nitrogen and oxygen atoms in total. The number of carbonyl (C=O) groups excluding carboxylic acids is 1. The maximum Gasteiger partial charge on any atom is 0.251 e. The third-order valence-electron chi connectivity index (χ3n) is 3.33. The van der Waals surface area contributed by atoms with Gasteiger partial charge in [-0.15, -0.1) is 0 Å². The fourth-order valence-electron chi connectivity index (χ4n) is 2.15. The van der Waals surface area contributed by atoms with Crippen LogP contribution >= 0.6 is 0 Å². The van der Waals surface area contributed by atoms with Gasteiger partial charge in [0, 0.05) is 18.7 Å². The predicted octanol–water partition coefficient (Wildman–Crippen LogP) is 2.69. The van der Waals surface area contributed by atoms with Crippen LogP contribution in [0.15, 0.2) is 48.5 Å². The highest BCUT2D eigenvalue weighted by molar-refractivity contribution is 5.94. The molecule has 22 heavy (non-hydrogen) atoms. The summed E-state index contributed by atoms with van der Waals surface area (Å²) in [5.74, 6) is 0.660. The Morgan fingerprint density at radius 1 is 1.00 bits per heavy atom. The van der Waals surface area contributed by atoms with E-state index in [0.29, 0.717) is 12.1 Å². The molecule has 0 unspecified atom stereocenters. The van der Waals surface area contributed by atoms with Crippen molar-refractivity contribution in [3.05, 3.63) is 65.2 Å². The van der Waals surface area contributed by atoms with Crippen molar-refractivity contribution < 1.29 is 9.53 Å². The average Bonchev–Trinajstić information content (AvgIpc) is 2.53. The molecule has 0 aromatic heterocycles. The predicted molar refractivity (Wildman–Crippen MR) is 88.0 cm³/mol. The van der Waals surface area contributed by atoms with Gasteiger partial charge < -0.3 is 15.0 Å². The van der Waals surface area contributed by atoms with Crippen LogP contribution < -0.4 is 10.1 Å². The molecule has 1 amide bonds. The number of methoxy groups -OCH3 is 1. The maximum absolute atomic E-state index is 12.1. The van der Waals surface area contributed by atoms with Gasteiger partial charge in [-0.1, -0.05) is 24.3 Å². The highest BCUT2D eigenvalue weighted by Gasteiger charge is 2.05. The van der Waals surface area contributed by atoms with Crippen LogP contribution in [0.3, 0.4) is 0 Å². The Balaban J connectivity index is 1.90. The summed E-state index contributed by atoms with van der Waals surface area (Å²) < 4.78 is 5.08. The van der Waals surface area contributed by atoms with Gasteiger partial charge >= 0.3 is 0 Å². The van der Waals surface area contributed by atoms with Crippen LogP contribution in [0, 0.1) is 0 Å². The summed E-state index contributed by atoms with van der Waals surface area (Å²) in [6.45, 7) is 1.44. The third kappa shape index (κ3) is 4.60. The highest BCUT2D eigenvalue weighted by Crippen LogP contribution is 2.11. The van der Waals surface area contributed by atoms with Gasteiger partial charge in [0.25, 0.3) is 5.91 Å². The molecule has 4 heteroatoms. The van der Waals surface area contributed by atoms with Gasteiger partial charge in [-0.3, -0.25) is 4.79 Å². The zero-order valence-electron chi connectivity index (χ0n) is 13.3. The van der Waals surface area contributed by atoms with Crippen LogP contribution in [0.5, 0.6) is 5.75 Å². The number of nitrogens with one attached hydrogen (secondary N) is 1. The van der Waals surface area contributed by atoms with E-state index in [0.717, 1.165) is 17.9 Å². The number of carbonyl (C=O) groups is 1. The van der Waals surface area contributed by atoms with Gasteiger partial charge in [-0.2, -0.15) is 0 Å². The number of rotatable bonds is 6. The van der Waals surface area contributed by atoms with E-state index in [4.69, 9.17) is 4.74 Å². The lowest BCUT2D eigenvalue weighted by molar-refractivity contribution is 0.0951. The monoisotopic (exact) mass is 298 g/mol. The van der Waals surface area contributed by atoms with Gasteiger partial charge in [0.15, 0.2) is 0 Å². The van der Waals surface area contributed by atoms with Gasteiger partial charge in [-0.05, 0) is 49.5 Å². The van der Waals surface area contributed by atoms with Crippen LogP contribution in [-0.4, -0.2) is 32.0 Å². The second-order valence-corrected chi connectivity index (χ2v) is 5.47. The van der Waals surface area contributed by atoms with Crippen LogP contribution in [-0.2, 0) is 13.1 Å². The molecular formula is C18H22N2O2. The normalized spacial score (nSPS) is 10.5. The first-order valence-electron chi connectivity index (χ1n) is 7.23. The lowest BCUT2D eigenvalue weighted by atomic mass is 10.1. The Bertz CT molecular complexity index is 604. The van der Waals surface area contributed by atoms with Gasteiger partial charge in [0.05, 0.1) is 7.11 Å². The Morgan fingerprint density at radius 3 is 2.14 bits per heavy atom. The summed E-state index contributed by atoms with van der Waals surface area (Å²) in [6.07, 6.45) is 0. The minimum Gasteiger partial charge on any atom is -0.497 e.